The SMILES string of the molecule is COc1cc(C)c(NCCCCl)cc1Cl. The summed E-state index contributed by atoms with van der Waals surface area (Å²) < 4.78 is 5.13. The largest absolute Gasteiger partial charge is 0.495 e. The molecule has 0 aliphatic carbocycles. The van der Waals surface area contributed by atoms with E-state index in [4.69, 9.17) is 27.9 Å². The van der Waals surface area contributed by atoms with Crippen LogP contribution in [0.3, 0.4) is 0 Å². The third-order valence-corrected chi connectivity index (χ3v) is 2.69. The molecule has 0 unspecified atom stereocenters. The number of alkyl halides is 1. The number of benzene rings is 1. The van der Waals surface area contributed by atoms with Gasteiger partial charge in [0.2, 0.25) is 0 Å². The molecule has 4 heteroatoms. The van der Waals surface area contributed by atoms with Crippen LogP contribution in [0.15, 0.2) is 12.1 Å². The number of aryl methyl sites for hydroxylation is 1. The average molecular weight is 248 g/mol. The summed E-state index contributed by atoms with van der Waals surface area (Å²) in [4.78, 5) is 0. The zero-order chi connectivity index (χ0) is 11.3. The summed E-state index contributed by atoms with van der Waals surface area (Å²) in [6, 6.07) is 3.80. The van der Waals surface area contributed by atoms with Crippen molar-refractivity contribution < 1.29 is 4.74 Å². The third-order valence-electron chi connectivity index (χ3n) is 2.12. The van der Waals surface area contributed by atoms with Crippen LogP contribution in [0.25, 0.3) is 0 Å². The normalized spacial score (nSPS) is 10.1. The fourth-order valence-electron chi connectivity index (χ4n) is 1.29. The van der Waals surface area contributed by atoms with Crippen LogP contribution in [0, 0.1) is 6.92 Å². The zero-order valence-electron chi connectivity index (χ0n) is 8.94. The van der Waals surface area contributed by atoms with E-state index in [0.717, 1.165) is 24.2 Å². The first-order valence-corrected chi connectivity index (χ1v) is 5.74. The Morgan fingerprint density at radius 2 is 2.13 bits per heavy atom. The number of rotatable bonds is 5. The van der Waals surface area contributed by atoms with E-state index in [2.05, 4.69) is 5.32 Å². The number of hydrogen-bond acceptors (Lipinski definition) is 2. The molecule has 0 aliphatic heterocycles. The lowest BCUT2D eigenvalue weighted by Crippen LogP contribution is -2.03. The van der Waals surface area contributed by atoms with Gasteiger partial charge in [-0.3, -0.25) is 0 Å². The van der Waals surface area contributed by atoms with Crippen molar-refractivity contribution in [1.29, 1.82) is 0 Å². The molecule has 0 heterocycles. The molecule has 0 saturated heterocycles. The molecule has 2 nitrogen and oxygen atoms in total. The molecule has 0 spiro atoms. The summed E-state index contributed by atoms with van der Waals surface area (Å²) in [7, 11) is 1.61. The molecule has 1 aromatic carbocycles. The molecule has 0 atom stereocenters. The minimum Gasteiger partial charge on any atom is -0.495 e. The van der Waals surface area contributed by atoms with Gasteiger partial charge in [0.15, 0.2) is 0 Å². The Kier molecular flexibility index (Phi) is 5.06. The summed E-state index contributed by atoms with van der Waals surface area (Å²) >= 11 is 11.6. The molecule has 0 amide bonds. The van der Waals surface area contributed by atoms with Gasteiger partial charge in [0.05, 0.1) is 12.1 Å². The first-order valence-electron chi connectivity index (χ1n) is 4.83. The molecule has 15 heavy (non-hydrogen) atoms. The average Bonchev–Trinajstić information content (AvgIpc) is 2.23. The van der Waals surface area contributed by atoms with Crippen LogP contribution in [0.4, 0.5) is 5.69 Å². The summed E-state index contributed by atoms with van der Waals surface area (Å²) in [5.74, 6) is 1.37. The Morgan fingerprint density at radius 1 is 1.40 bits per heavy atom. The van der Waals surface area contributed by atoms with Crippen LogP contribution in [-0.2, 0) is 0 Å². The molecule has 1 N–H and O–H groups in total. The van der Waals surface area contributed by atoms with E-state index in [9.17, 15) is 0 Å². The van der Waals surface area contributed by atoms with Crippen molar-refractivity contribution >= 4 is 28.9 Å². The molecule has 0 aliphatic rings. The van der Waals surface area contributed by atoms with Gasteiger partial charge in [-0.1, -0.05) is 11.6 Å². The molecule has 0 bridgehead atoms. The van der Waals surface area contributed by atoms with Crippen LogP contribution >= 0.6 is 23.2 Å². The van der Waals surface area contributed by atoms with E-state index in [1.165, 1.54) is 0 Å². The van der Waals surface area contributed by atoms with Crippen LogP contribution < -0.4 is 10.1 Å². The number of ether oxygens (including phenoxy) is 1. The lowest BCUT2D eigenvalue weighted by atomic mass is 10.2. The van der Waals surface area contributed by atoms with Crippen LogP contribution in [0.2, 0.25) is 5.02 Å². The maximum atomic E-state index is 6.02. The minimum absolute atomic E-state index is 0.622. The van der Waals surface area contributed by atoms with Crippen molar-refractivity contribution in [3.63, 3.8) is 0 Å². The second kappa shape index (κ2) is 6.09. The predicted molar refractivity (Wildman–Crippen MR) is 66.6 cm³/mol. The summed E-state index contributed by atoms with van der Waals surface area (Å²) in [5.41, 5.74) is 2.15. The van der Waals surface area contributed by atoms with Crippen molar-refractivity contribution in [2.45, 2.75) is 13.3 Å². The maximum Gasteiger partial charge on any atom is 0.137 e. The summed E-state index contributed by atoms with van der Waals surface area (Å²) in [5, 5.41) is 3.90. The summed E-state index contributed by atoms with van der Waals surface area (Å²) in [6.45, 7) is 2.87. The van der Waals surface area contributed by atoms with Gasteiger partial charge in [0.1, 0.15) is 5.75 Å². The van der Waals surface area contributed by atoms with E-state index < -0.39 is 0 Å². The second-order valence-electron chi connectivity index (χ2n) is 3.27. The van der Waals surface area contributed by atoms with Crippen molar-refractivity contribution in [3.05, 3.63) is 22.7 Å². The highest BCUT2D eigenvalue weighted by molar-refractivity contribution is 6.32. The quantitative estimate of drug-likeness (QED) is 0.633. The van der Waals surface area contributed by atoms with E-state index in [-0.39, 0.29) is 0 Å². The van der Waals surface area contributed by atoms with Gasteiger partial charge in [-0.25, -0.2) is 0 Å². The van der Waals surface area contributed by atoms with Gasteiger partial charge in [-0.2, -0.15) is 0 Å². The molecule has 1 aromatic rings. The molecular weight excluding hydrogens is 233 g/mol. The fraction of sp³-hybridized carbons (Fsp3) is 0.455. The Morgan fingerprint density at radius 3 is 2.73 bits per heavy atom. The van der Waals surface area contributed by atoms with Crippen molar-refractivity contribution in [2.75, 3.05) is 24.9 Å². The highest BCUT2D eigenvalue weighted by atomic mass is 35.5. The molecule has 0 aromatic heterocycles. The molecule has 1 rings (SSSR count). The number of nitrogens with one attached hydrogen (secondary N) is 1. The molecule has 0 saturated carbocycles. The molecular formula is C11H15Cl2NO. The van der Waals surface area contributed by atoms with Gasteiger partial charge in [-0.15, -0.1) is 11.6 Å². The smallest absolute Gasteiger partial charge is 0.137 e. The maximum absolute atomic E-state index is 6.02. The minimum atomic E-state index is 0.622. The van der Waals surface area contributed by atoms with E-state index in [1.807, 2.05) is 19.1 Å². The Balaban J connectivity index is 2.76. The first-order chi connectivity index (χ1) is 7.19. The van der Waals surface area contributed by atoms with Gasteiger partial charge < -0.3 is 10.1 Å². The van der Waals surface area contributed by atoms with E-state index in [0.29, 0.717) is 16.7 Å². The predicted octanol–water partition coefficient (Wildman–Crippen LogP) is 3.70. The Bertz CT molecular complexity index is 329. The van der Waals surface area contributed by atoms with Gasteiger partial charge in [-0.05, 0) is 31.0 Å². The van der Waals surface area contributed by atoms with Gasteiger partial charge in [0.25, 0.3) is 0 Å². The zero-order valence-corrected chi connectivity index (χ0v) is 10.5. The fourth-order valence-corrected chi connectivity index (χ4v) is 1.67. The number of halogens is 2. The number of anilines is 1. The van der Waals surface area contributed by atoms with Crippen LogP contribution in [0.5, 0.6) is 5.75 Å². The molecule has 0 radical (unpaired) electrons. The van der Waals surface area contributed by atoms with Crippen LogP contribution in [0.1, 0.15) is 12.0 Å². The van der Waals surface area contributed by atoms with Crippen molar-refractivity contribution in [3.8, 4) is 5.75 Å². The number of hydrogen-bond donors (Lipinski definition) is 1. The lowest BCUT2D eigenvalue weighted by molar-refractivity contribution is 0.415. The third kappa shape index (κ3) is 3.47. The van der Waals surface area contributed by atoms with Gasteiger partial charge in [0, 0.05) is 18.1 Å². The highest BCUT2D eigenvalue weighted by Crippen LogP contribution is 2.30. The molecule has 84 valence electrons. The molecule has 0 fully saturated rings. The first kappa shape index (κ1) is 12.5. The van der Waals surface area contributed by atoms with Crippen molar-refractivity contribution in [1.82, 2.24) is 0 Å². The summed E-state index contributed by atoms with van der Waals surface area (Å²) in [6.07, 6.45) is 0.935. The van der Waals surface area contributed by atoms with E-state index >= 15 is 0 Å². The second-order valence-corrected chi connectivity index (χ2v) is 4.06. The standard InChI is InChI=1S/C11H15Cl2NO/c1-8-6-11(15-2)9(13)7-10(8)14-5-3-4-12/h6-7,14H,3-5H2,1-2H3. The highest BCUT2D eigenvalue weighted by Gasteiger charge is 2.05. The topological polar surface area (TPSA) is 21.3 Å². The lowest BCUT2D eigenvalue weighted by Gasteiger charge is -2.11. The van der Waals surface area contributed by atoms with Crippen molar-refractivity contribution in [2.24, 2.45) is 0 Å². The van der Waals surface area contributed by atoms with E-state index in [1.54, 1.807) is 7.11 Å². The Labute approximate surface area is 101 Å². The number of methoxy groups -OCH3 is 1. The van der Waals surface area contributed by atoms with Crippen LogP contribution in [-0.4, -0.2) is 19.5 Å². The Hall–Kier alpha value is -0.600. The van der Waals surface area contributed by atoms with Gasteiger partial charge >= 0.3 is 0 Å². The monoisotopic (exact) mass is 247 g/mol.